The highest BCUT2D eigenvalue weighted by Gasteiger charge is 2.14. The van der Waals surface area contributed by atoms with Crippen molar-refractivity contribution in [1.29, 1.82) is 0 Å². The first-order valence-electron chi connectivity index (χ1n) is 11.6. The minimum absolute atomic E-state index is 0.838. The third-order valence-electron chi connectivity index (χ3n) is 5.24. The Bertz CT molecular complexity index is 1180. The number of rotatable bonds is 5. The molecule has 0 aliphatic heterocycles. The molecule has 1 N–H and O–H groups in total. The second-order valence-corrected chi connectivity index (χ2v) is 7.10. The van der Waals surface area contributed by atoms with Crippen LogP contribution in [0.3, 0.4) is 0 Å². The Hall–Kier alpha value is -3.47. The van der Waals surface area contributed by atoms with Gasteiger partial charge in [0.15, 0.2) is 5.65 Å². The van der Waals surface area contributed by atoms with E-state index in [9.17, 15) is 0 Å². The third-order valence-corrected chi connectivity index (χ3v) is 5.24. The molecule has 1 aromatic carbocycles. The number of pyridine rings is 1. The van der Waals surface area contributed by atoms with Crippen LogP contribution in [0.5, 0.6) is 0 Å². The maximum absolute atomic E-state index is 4.79. The maximum atomic E-state index is 4.79. The number of hydrogen-bond donors (Lipinski definition) is 1. The fraction of sp³-hybridized carbons (Fsp3) is 0.296. The van der Waals surface area contributed by atoms with Crippen molar-refractivity contribution in [3.05, 3.63) is 83.8 Å². The molecule has 0 saturated heterocycles. The summed E-state index contributed by atoms with van der Waals surface area (Å²) in [7, 11) is 0. The van der Waals surface area contributed by atoms with Crippen LogP contribution in [0.25, 0.3) is 22.5 Å². The van der Waals surface area contributed by atoms with Crippen LogP contribution in [0.15, 0.2) is 67.1 Å². The molecular formula is C27H33N5. The zero-order valence-corrected chi connectivity index (χ0v) is 19.8. The van der Waals surface area contributed by atoms with Gasteiger partial charge >= 0.3 is 0 Å². The number of nitrogens with zero attached hydrogens (tertiary/aromatic N) is 4. The van der Waals surface area contributed by atoms with Crippen molar-refractivity contribution in [2.24, 2.45) is 0 Å². The number of nitrogens with one attached hydrogen (secondary N) is 1. The van der Waals surface area contributed by atoms with Crippen LogP contribution in [0.4, 0.5) is 5.82 Å². The molecule has 0 amide bonds. The molecule has 5 rings (SSSR count). The summed E-state index contributed by atoms with van der Waals surface area (Å²) in [5, 5.41) is 8.07. The van der Waals surface area contributed by atoms with Crippen LogP contribution in [0, 0.1) is 6.92 Å². The average molecular weight is 428 g/mol. The van der Waals surface area contributed by atoms with Crippen LogP contribution in [0.2, 0.25) is 0 Å². The maximum Gasteiger partial charge on any atom is 0.160 e. The standard InChI is InChI=1S/C23H21N5.2C2H6/c1-16-14-26-28-22(13-21(27-23(16)28)19-6-4-11-24-15-19)25-12-10-18-9-8-17-5-2-3-7-20(17)18;2*1-2/h2-7,9,11,13-15,25H,8,10,12H2,1H3;2*1-2H3. The van der Waals surface area contributed by atoms with Gasteiger partial charge in [0.1, 0.15) is 5.82 Å². The minimum atomic E-state index is 0.838. The van der Waals surface area contributed by atoms with E-state index < -0.39 is 0 Å². The second-order valence-electron chi connectivity index (χ2n) is 7.10. The predicted molar refractivity (Wildman–Crippen MR) is 135 cm³/mol. The van der Waals surface area contributed by atoms with Gasteiger partial charge in [-0.05, 0) is 48.6 Å². The number of aromatic nitrogens is 4. The normalized spacial score (nSPS) is 11.6. The fourth-order valence-corrected chi connectivity index (χ4v) is 3.78. The largest absolute Gasteiger partial charge is 0.370 e. The molecule has 166 valence electrons. The van der Waals surface area contributed by atoms with Gasteiger partial charge in [0.05, 0.1) is 11.9 Å². The molecule has 4 aromatic rings. The highest BCUT2D eigenvalue weighted by Crippen LogP contribution is 2.29. The summed E-state index contributed by atoms with van der Waals surface area (Å²) in [6.07, 6.45) is 9.83. The SMILES string of the molecule is CC.CC.Cc1cnn2c(NCCC3=CCc4ccccc43)cc(-c3cccnc3)nc12. The molecule has 3 aromatic heterocycles. The molecule has 32 heavy (non-hydrogen) atoms. The lowest BCUT2D eigenvalue weighted by molar-refractivity contribution is 0.923. The monoisotopic (exact) mass is 427 g/mol. The Morgan fingerprint density at radius 3 is 2.59 bits per heavy atom. The number of fused-ring (bicyclic) bond motifs is 2. The topological polar surface area (TPSA) is 55.1 Å². The van der Waals surface area contributed by atoms with Crippen molar-refractivity contribution in [2.45, 2.75) is 47.5 Å². The lowest BCUT2D eigenvalue weighted by Gasteiger charge is -2.12. The van der Waals surface area contributed by atoms with Gasteiger partial charge in [0.2, 0.25) is 0 Å². The lowest BCUT2D eigenvalue weighted by atomic mass is 10.0. The molecule has 0 atom stereocenters. The van der Waals surface area contributed by atoms with Gasteiger partial charge in [0, 0.05) is 36.1 Å². The molecule has 0 spiro atoms. The summed E-state index contributed by atoms with van der Waals surface area (Å²) in [6.45, 7) is 10.9. The number of hydrogen-bond acceptors (Lipinski definition) is 4. The quantitative estimate of drug-likeness (QED) is 0.390. The van der Waals surface area contributed by atoms with Crippen molar-refractivity contribution >= 4 is 17.0 Å². The van der Waals surface area contributed by atoms with Crippen LogP contribution in [-0.4, -0.2) is 26.1 Å². The molecule has 0 radical (unpaired) electrons. The van der Waals surface area contributed by atoms with Crippen LogP contribution < -0.4 is 5.32 Å². The molecule has 1 aliphatic rings. The van der Waals surface area contributed by atoms with Crippen molar-refractivity contribution in [3.8, 4) is 11.3 Å². The first-order chi connectivity index (χ1) is 15.8. The van der Waals surface area contributed by atoms with E-state index in [1.165, 1.54) is 16.7 Å². The zero-order valence-electron chi connectivity index (χ0n) is 19.8. The van der Waals surface area contributed by atoms with Gasteiger partial charge in [-0.15, -0.1) is 0 Å². The summed E-state index contributed by atoms with van der Waals surface area (Å²) in [4.78, 5) is 9.02. The summed E-state index contributed by atoms with van der Waals surface area (Å²) < 4.78 is 1.88. The Labute approximate surface area is 191 Å². The van der Waals surface area contributed by atoms with Crippen molar-refractivity contribution < 1.29 is 0 Å². The number of benzene rings is 1. The minimum Gasteiger partial charge on any atom is -0.370 e. The highest BCUT2D eigenvalue weighted by atomic mass is 15.3. The van der Waals surface area contributed by atoms with Gasteiger partial charge in [-0.1, -0.05) is 58.0 Å². The van der Waals surface area contributed by atoms with E-state index >= 15 is 0 Å². The summed E-state index contributed by atoms with van der Waals surface area (Å²) in [5.74, 6) is 0.948. The Kier molecular flexibility index (Phi) is 8.14. The van der Waals surface area contributed by atoms with E-state index in [1.54, 1.807) is 6.20 Å². The van der Waals surface area contributed by atoms with Gasteiger partial charge in [-0.3, -0.25) is 4.98 Å². The Balaban J connectivity index is 0.000000686. The lowest BCUT2D eigenvalue weighted by Crippen LogP contribution is -2.08. The molecule has 5 heteroatoms. The average Bonchev–Trinajstić information content (AvgIpc) is 3.46. The van der Waals surface area contributed by atoms with Crippen molar-refractivity contribution in [2.75, 3.05) is 11.9 Å². The van der Waals surface area contributed by atoms with Crippen LogP contribution in [0.1, 0.15) is 50.8 Å². The summed E-state index contributed by atoms with van der Waals surface area (Å²) in [5.41, 5.74) is 8.05. The van der Waals surface area contributed by atoms with Gasteiger partial charge in [-0.2, -0.15) is 9.61 Å². The van der Waals surface area contributed by atoms with Crippen molar-refractivity contribution in [1.82, 2.24) is 19.6 Å². The molecule has 1 aliphatic carbocycles. The predicted octanol–water partition coefficient (Wildman–Crippen LogP) is 6.59. The fourth-order valence-electron chi connectivity index (χ4n) is 3.78. The highest BCUT2D eigenvalue weighted by molar-refractivity contribution is 5.73. The molecule has 3 heterocycles. The van der Waals surface area contributed by atoms with Crippen LogP contribution >= 0.6 is 0 Å². The van der Waals surface area contributed by atoms with Crippen molar-refractivity contribution in [3.63, 3.8) is 0 Å². The van der Waals surface area contributed by atoms with E-state index in [0.29, 0.717) is 0 Å². The third kappa shape index (κ3) is 4.88. The van der Waals surface area contributed by atoms with E-state index in [0.717, 1.165) is 47.7 Å². The molecule has 0 fully saturated rings. The van der Waals surface area contributed by atoms with Gasteiger partial charge in [-0.25, -0.2) is 4.98 Å². The molecule has 0 saturated carbocycles. The van der Waals surface area contributed by atoms with Gasteiger partial charge < -0.3 is 5.32 Å². The summed E-state index contributed by atoms with van der Waals surface area (Å²) >= 11 is 0. The van der Waals surface area contributed by atoms with Gasteiger partial charge in [0.25, 0.3) is 0 Å². The molecule has 0 unspecified atom stereocenters. The van der Waals surface area contributed by atoms with E-state index in [1.807, 2.05) is 69.7 Å². The smallest absolute Gasteiger partial charge is 0.160 e. The Morgan fingerprint density at radius 1 is 1.00 bits per heavy atom. The van der Waals surface area contributed by atoms with E-state index in [4.69, 9.17) is 4.98 Å². The molecule has 5 nitrogen and oxygen atoms in total. The Morgan fingerprint density at radius 2 is 1.81 bits per heavy atom. The van der Waals surface area contributed by atoms with Crippen LogP contribution in [-0.2, 0) is 6.42 Å². The number of allylic oxidation sites excluding steroid dienone is 1. The number of anilines is 1. The summed E-state index contributed by atoms with van der Waals surface area (Å²) in [6, 6.07) is 14.7. The van der Waals surface area contributed by atoms with E-state index in [2.05, 4.69) is 45.7 Å². The molecule has 0 bridgehead atoms. The first-order valence-corrected chi connectivity index (χ1v) is 11.6. The first kappa shape index (κ1) is 23.2. The number of aryl methyl sites for hydroxylation is 1. The van der Waals surface area contributed by atoms with E-state index in [-0.39, 0.29) is 0 Å². The second kappa shape index (κ2) is 11.2. The zero-order chi connectivity index (χ0) is 22.9. The molecular weight excluding hydrogens is 394 g/mol.